The number of methoxy groups -OCH3 is 1. The fourth-order valence-corrected chi connectivity index (χ4v) is 4.32. The van der Waals surface area contributed by atoms with Crippen molar-refractivity contribution in [2.75, 3.05) is 19.0 Å². The maximum absolute atomic E-state index is 13.2. The number of nitrogens with one attached hydrogen (secondary N) is 1. The predicted molar refractivity (Wildman–Crippen MR) is 119 cm³/mol. The number of halogens is 3. The van der Waals surface area contributed by atoms with Gasteiger partial charge in [-0.1, -0.05) is 12.1 Å². The van der Waals surface area contributed by atoms with Crippen LogP contribution in [0.4, 0.5) is 19.0 Å². The average Bonchev–Trinajstić information content (AvgIpc) is 3.36. The van der Waals surface area contributed by atoms with E-state index in [4.69, 9.17) is 4.74 Å². The van der Waals surface area contributed by atoms with Gasteiger partial charge in [-0.3, -0.25) is 9.20 Å². The maximum atomic E-state index is 13.2. The van der Waals surface area contributed by atoms with Crippen LogP contribution in [-0.2, 0) is 28.8 Å². The summed E-state index contributed by atoms with van der Waals surface area (Å²) >= 11 is 0. The topological polar surface area (TPSA) is 84.6 Å². The number of rotatable bonds is 6. The second kappa shape index (κ2) is 8.53. The van der Waals surface area contributed by atoms with Gasteiger partial charge in [-0.15, -0.1) is 10.2 Å². The lowest BCUT2D eigenvalue weighted by atomic mass is 9.93. The number of aryl methyl sites for hydroxylation is 1. The zero-order valence-corrected chi connectivity index (χ0v) is 19.7. The number of hydrogen-bond acceptors (Lipinski definition) is 6. The van der Waals surface area contributed by atoms with Crippen molar-refractivity contribution >= 4 is 17.5 Å². The van der Waals surface area contributed by atoms with Crippen molar-refractivity contribution in [2.45, 2.75) is 53.0 Å². The minimum absolute atomic E-state index is 0.0682. The zero-order valence-electron chi connectivity index (χ0n) is 19.7. The predicted octanol–water partition coefficient (Wildman–Crippen LogP) is 4.14. The van der Waals surface area contributed by atoms with Gasteiger partial charge in [-0.25, -0.2) is 0 Å². The maximum Gasteiger partial charge on any atom is 0.416 e. The van der Waals surface area contributed by atoms with E-state index in [0.717, 1.165) is 23.4 Å². The number of fused-ring (bicyclic) bond motifs is 3. The monoisotopic (exact) mass is 476 g/mol. The van der Waals surface area contributed by atoms with E-state index in [1.165, 1.54) is 6.07 Å². The van der Waals surface area contributed by atoms with Crippen LogP contribution in [0.15, 0.2) is 24.3 Å². The second-order valence-electron chi connectivity index (χ2n) is 9.24. The molecule has 0 spiro atoms. The quantitative estimate of drug-likeness (QED) is 0.576. The highest BCUT2D eigenvalue weighted by atomic mass is 19.4. The molecule has 1 aliphatic rings. The van der Waals surface area contributed by atoms with E-state index in [1.807, 2.05) is 18.2 Å². The Kier molecular flexibility index (Phi) is 6.01. The third-order valence-electron chi connectivity index (χ3n) is 6.05. The van der Waals surface area contributed by atoms with Crippen LogP contribution in [0.3, 0.4) is 0 Å². The summed E-state index contributed by atoms with van der Waals surface area (Å²) in [5, 5.41) is 11.5. The summed E-state index contributed by atoms with van der Waals surface area (Å²) in [7, 11) is 1.55. The molecule has 3 heterocycles. The number of nitrogens with zero attached hydrogens (tertiary/aromatic N) is 5. The molecular weight excluding hydrogens is 449 g/mol. The molecule has 2 aromatic heterocycles. The number of amides is 1. The van der Waals surface area contributed by atoms with E-state index in [9.17, 15) is 18.0 Å². The van der Waals surface area contributed by atoms with Crippen LogP contribution in [0.5, 0.6) is 0 Å². The molecule has 0 saturated heterocycles. The molecule has 1 atom stereocenters. The summed E-state index contributed by atoms with van der Waals surface area (Å²) in [6.45, 7) is 8.15. The summed E-state index contributed by atoms with van der Waals surface area (Å²) in [5.41, 5.74) is 0.654. The Hall–Kier alpha value is -3.21. The van der Waals surface area contributed by atoms with Gasteiger partial charge in [0.1, 0.15) is 11.6 Å². The van der Waals surface area contributed by atoms with Gasteiger partial charge in [-0.2, -0.15) is 18.2 Å². The number of aromatic nitrogens is 4. The number of carbonyl (C=O) groups is 1. The molecule has 1 aliphatic heterocycles. The first kappa shape index (κ1) is 23.9. The lowest BCUT2D eigenvalue weighted by molar-refractivity contribution is -0.143. The highest BCUT2D eigenvalue weighted by Gasteiger charge is 2.38. The van der Waals surface area contributed by atoms with E-state index in [1.54, 1.807) is 31.9 Å². The van der Waals surface area contributed by atoms with E-state index in [2.05, 4.69) is 20.5 Å². The molecule has 8 nitrogen and oxygen atoms in total. The molecule has 1 aromatic carbocycles. The Morgan fingerprint density at radius 1 is 1.24 bits per heavy atom. The first-order chi connectivity index (χ1) is 15.9. The van der Waals surface area contributed by atoms with Crippen LogP contribution in [0.25, 0.3) is 5.78 Å². The van der Waals surface area contributed by atoms with Crippen LogP contribution in [0.2, 0.25) is 0 Å². The lowest BCUT2D eigenvalue weighted by Crippen LogP contribution is -2.40. The number of ether oxygens (including phenoxy) is 1. The molecule has 0 fully saturated rings. The summed E-state index contributed by atoms with van der Waals surface area (Å²) in [4.78, 5) is 19.5. The molecule has 11 heteroatoms. The highest BCUT2D eigenvalue weighted by Crippen LogP contribution is 2.35. The Balaban J connectivity index is 1.69. The molecule has 34 heavy (non-hydrogen) atoms. The van der Waals surface area contributed by atoms with E-state index in [-0.39, 0.29) is 12.5 Å². The molecular formula is C23H27F3N6O2. The molecule has 0 bridgehead atoms. The molecule has 1 N–H and O–H groups in total. The van der Waals surface area contributed by atoms with E-state index >= 15 is 0 Å². The van der Waals surface area contributed by atoms with Gasteiger partial charge >= 0.3 is 6.18 Å². The Morgan fingerprint density at radius 3 is 2.65 bits per heavy atom. The molecule has 1 unspecified atom stereocenters. The Bertz CT molecular complexity index is 1240. The van der Waals surface area contributed by atoms with Gasteiger partial charge in [0.15, 0.2) is 0 Å². The molecule has 182 valence electrons. The van der Waals surface area contributed by atoms with Crippen LogP contribution >= 0.6 is 0 Å². The van der Waals surface area contributed by atoms with Gasteiger partial charge in [0, 0.05) is 18.7 Å². The molecule has 3 aromatic rings. The normalized spacial score (nSPS) is 15.0. The smallest absolute Gasteiger partial charge is 0.384 e. The van der Waals surface area contributed by atoms with E-state index in [0.29, 0.717) is 36.1 Å². The van der Waals surface area contributed by atoms with E-state index < -0.39 is 23.2 Å². The first-order valence-corrected chi connectivity index (χ1v) is 10.9. The number of hydrogen-bond donors (Lipinski definition) is 1. The van der Waals surface area contributed by atoms with Gasteiger partial charge in [0.25, 0.3) is 5.78 Å². The minimum atomic E-state index is -4.43. The van der Waals surface area contributed by atoms with Crippen LogP contribution in [0.1, 0.15) is 55.0 Å². The largest absolute Gasteiger partial charge is 0.416 e. The third kappa shape index (κ3) is 4.31. The van der Waals surface area contributed by atoms with Crippen LogP contribution in [0, 0.1) is 12.3 Å². The van der Waals surface area contributed by atoms with Gasteiger partial charge in [0.05, 0.1) is 36.4 Å². The zero-order chi connectivity index (χ0) is 24.8. The summed E-state index contributed by atoms with van der Waals surface area (Å²) in [6.07, 6.45) is -4.43. The van der Waals surface area contributed by atoms with Gasteiger partial charge < -0.3 is 15.0 Å². The molecule has 0 saturated carbocycles. The SMILES string of the molecule is COCC(C)(C)C(=O)N1Cc2c(NC(C)c3cccc(C(F)(F)F)c3)nc3nnc(C)n3c2C1. The molecule has 0 radical (unpaired) electrons. The third-order valence-corrected chi connectivity index (χ3v) is 6.05. The molecule has 0 aliphatic carbocycles. The average molecular weight is 477 g/mol. The summed E-state index contributed by atoms with van der Waals surface area (Å²) in [5.74, 6) is 1.41. The van der Waals surface area contributed by atoms with Crippen molar-refractivity contribution in [3.8, 4) is 0 Å². The minimum Gasteiger partial charge on any atom is -0.384 e. The molecule has 4 rings (SSSR count). The number of alkyl halides is 3. The Morgan fingerprint density at radius 2 is 1.97 bits per heavy atom. The number of benzene rings is 1. The van der Waals surface area contributed by atoms with Crippen molar-refractivity contribution < 1.29 is 22.7 Å². The van der Waals surface area contributed by atoms with Crippen molar-refractivity contribution in [1.29, 1.82) is 0 Å². The van der Waals surface area contributed by atoms with Gasteiger partial charge in [-0.05, 0) is 45.4 Å². The first-order valence-electron chi connectivity index (χ1n) is 10.9. The van der Waals surface area contributed by atoms with Gasteiger partial charge in [0.2, 0.25) is 5.91 Å². The van der Waals surface area contributed by atoms with Crippen molar-refractivity contribution in [1.82, 2.24) is 24.5 Å². The summed E-state index contributed by atoms with van der Waals surface area (Å²) < 4.78 is 46.6. The standard InChI is InChI=1S/C23H27F3N6O2/c1-13(15-7-6-8-16(9-15)23(24,25)26)27-19-17-10-31(20(33)22(3,4)12-34-5)11-18(17)32-14(2)29-30-21(32)28-19/h6-9,13H,10-12H2,1-5H3,(H,27,28,30). The fourth-order valence-electron chi connectivity index (χ4n) is 4.32. The van der Waals surface area contributed by atoms with Crippen molar-refractivity contribution in [3.05, 3.63) is 52.5 Å². The molecule has 1 amide bonds. The fraction of sp³-hybridized carbons (Fsp3) is 0.478. The van der Waals surface area contributed by atoms with Crippen molar-refractivity contribution in [2.24, 2.45) is 5.41 Å². The highest BCUT2D eigenvalue weighted by molar-refractivity contribution is 5.83. The number of carbonyl (C=O) groups excluding carboxylic acids is 1. The second-order valence-corrected chi connectivity index (χ2v) is 9.24. The lowest BCUT2D eigenvalue weighted by Gasteiger charge is -2.28. The van der Waals surface area contributed by atoms with Crippen LogP contribution in [-0.4, -0.2) is 44.1 Å². The number of anilines is 1. The van der Waals surface area contributed by atoms with Crippen LogP contribution < -0.4 is 5.32 Å². The Labute approximate surface area is 195 Å². The summed E-state index contributed by atoms with van der Waals surface area (Å²) in [6, 6.07) is 4.72. The van der Waals surface area contributed by atoms with Crippen molar-refractivity contribution in [3.63, 3.8) is 0 Å².